The molecular weight excluding hydrogens is 282 g/mol. The SMILES string of the molecule is CC(C)OCCS(=O)(=O)Nc1ccc(CC(=O)O)cc1. The summed E-state index contributed by atoms with van der Waals surface area (Å²) in [7, 11) is -3.46. The Hall–Kier alpha value is -1.60. The van der Waals surface area contributed by atoms with Crippen molar-refractivity contribution in [2.45, 2.75) is 26.4 Å². The van der Waals surface area contributed by atoms with E-state index in [1.807, 2.05) is 13.8 Å². The Kier molecular flexibility index (Phi) is 5.97. The number of aliphatic carboxylic acids is 1. The lowest BCUT2D eigenvalue weighted by molar-refractivity contribution is -0.136. The van der Waals surface area contributed by atoms with Crippen LogP contribution in [0.25, 0.3) is 0 Å². The smallest absolute Gasteiger partial charge is 0.307 e. The van der Waals surface area contributed by atoms with Gasteiger partial charge < -0.3 is 9.84 Å². The molecule has 1 aromatic carbocycles. The summed E-state index contributed by atoms with van der Waals surface area (Å²) in [5.41, 5.74) is 1.02. The Bertz CT molecular complexity index is 536. The van der Waals surface area contributed by atoms with Gasteiger partial charge >= 0.3 is 5.97 Å². The second kappa shape index (κ2) is 7.25. The summed E-state index contributed by atoms with van der Waals surface area (Å²) in [5, 5.41) is 8.64. The van der Waals surface area contributed by atoms with Crippen molar-refractivity contribution in [1.29, 1.82) is 0 Å². The third-order valence-electron chi connectivity index (χ3n) is 2.39. The topological polar surface area (TPSA) is 92.7 Å². The minimum absolute atomic E-state index is 0.0134. The average molecular weight is 301 g/mol. The number of carbonyl (C=O) groups is 1. The molecule has 0 aliphatic carbocycles. The zero-order valence-electron chi connectivity index (χ0n) is 11.5. The molecule has 0 unspecified atom stereocenters. The van der Waals surface area contributed by atoms with E-state index in [0.717, 1.165) is 0 Å². The molecule has 20 heavy (non-hydrogen) atoms. The maximum atomic E-state index is 11.8. The second-order valence-electron chi connectivity index (χ2n) is 4.61. The minimum Gasteiger partial charge on any atom is -0.481 e. The number of rotatable bonds is 8. The van der Waals surface area contributed by atoms with Crippen molar-refractivity contribution < 1.29 is 23.1 Å². The lowest BCUT2D eigenvalue weighted by Crippen LogP contribution is -2.21. The number of hydrogen-bond acceptors (Lipinski definition) is 4. The fraction of sp³-hybridized carbons (Fsp3) is 0.462. The van der Waals surface area contributed by atoms with Crippen LogP contribution in [0.4, 0.5) is 5.69 Å². The van der Waals surface area contributed by atoms with E-state index in [-0.39, 0.29) is 24.9 Å². The molecule has 7 heteroatoms. The van der Waals surface area contributed by atoms with Gasteiger partial charge in [0.05, 0.1) is 24.9 Å². The number of carboxylic acids is 1. The molecule has 0 fully saturated rings. The van der Waals surface area contributed by atoms with Gasteiger partial charge in [0.15, 0.2) is 0 Å². The number of benzene rings is 1. The molecule has 0 aliphatic rings. The fourth-order valence-corrected chi connectivity index (χ4v) is 2.40. The van der Waals surface area contributed by atoms with Crippen LogP contribution in [-0.4, -0.2) is 38.0 Å². The van der Waals surface area contributed by atoms with Crippen LogP contribution in [0.3, 0.4) is 0 Å². The van der Waals surface area contributed by atoms with Gasteiger partial charge in [-0.05, 0) is 31.5 Å². The van der Waals surface area contributed by atoms with Gasteiger partial charge in [0, 0.05) is 5.69 Å². The first-order chi connectivity index (χ1) is 9.28. The molecule has 2 N–H and O–H groups in total. The molecule has 0 heterocycles. The molecule has 112 valence electrons. The zero-order valence-corrected chi connectivity index (χ0v) is 12.3. The van der Waals surface area contributed by atoms with E-state index < -0.39 is 16.0 Å². The maximum Gasteiger partial charge on any atom is 0.307 e. The van der Waals surface area contributed by atoms with Crippen LogP contribution in [-0.2, 0) is 26.0 Å². The van der Waals surface area contributed by atoms with E-state index >= 15 is 0 Å². The van der Waals surface area contributed by atoms with Crippen LogP contribution in [0.15, 0.2) is 24.3 Å². The monoisotopic (exact) mass is 301 g/mol. The predicted molar refractivity (Wildman–Crippen MR) is 76.3 cm³/mol. The number of sulfonamides is 1. The van der Waals surface area contributed by atoms with Gasteiger partial charge in [0.1, 0.15) is 0 Å². The van der Waals surface area contributed by atoms with Gasteiger partial charge in [-0.15, -0.1) is 0 Å². The van der Waals surface area contributed by atoms with E-state index in [1.54, 1.807) is 24.3 Å². The van der Waals surface area contributed by atoms with E-state index in [2.05, 4.69) is 4.72 Å². The summed E-state index contributed by atoms with van der Waals surface area (Å²) in [5.74, 6) is -1.05. The van der Waals surface area contributed by atoms with Crippen molar-refractivity contribution in [3.05, 3.63) is 29.8 Å². The molecule has 0 spiro atoms. The van der Waals surface area contributed by atoms with Crippen molar-refractivity contribution in [1.82, 2.24) is 0 Å². The van der Waals surface area contributed by atoms with Gasteiger partial charge in [-0.1, -0.05) is 12.1 Å². The standard InChI is InChI=1S/C13H19NO5S/c1-10(2)19-7-8-20(17,18)14-12-5-3-11(4-6-12)9-13(15)16/h3-6,10,14H,7-9H2,1-2H3,(H,15,16). The summed E-state index contributed by atoms with van der Waals surface area (Å²) in [6.07, 6.45) is -0.101. The van der Waals surface area contributed by atoms with Gasteiger partial charge in [0.2, 0.25) is 10.0 Å². The van der Waals surface area contributed by atoms with Gasteiger partial charge in [-0.25, -0.2) is 8.42 Å². The summed E-state index contributed by atoms with van der Waals surface area (Å²) in [4.78, 5) is 10.5. The third kappa shape index (κ3) is 6.53. The van der Waals surface area contributed by atoms with E-state index in [4.69, 9.17) is 9.84 Å². The van der Waals surface area contributed by atoms with E-state index in [1.165, 1.54) is 0 Å². The molecule has 0 amide bonds. The van der Waals surface area contributed by atoms with Crippen LogP contribution >= 0.6 is 0 Å². The first kappa shape index (κ1) is 16.5. The Morgan fingerprint density at radius 2 is 1.90 bits per heavy atom. The molecule has 0 aliphatic heterocycles. The molecule has 1 rings (SSSR count). The fourth-order valence-electron chi connectivity index (χ4n) is 1.49. The average Bonchev–Trinajstić information content (AvgIpc) is 2.29. The molecule has 1 aromatic rings. The van der Waals surface area contributed by atoms with Crippen molar-refractivity contribution in [3.8, 4) is 0 Å². The first-order valence-corrected chi connectivity index (χ1v) is 7.86. The van der Waals surface area contributed by atoms with E-state index in [0.29, 0.717) is 11.3 Å². The molecule has 0 radical (unpaired) electrons. The maximum absolute atomic E-state index is 11.8. The van der Waals surface area contributed by atoms with Crippen LogP contribution in [0, 0.1) is 0 Å². The van der Waals surface area contributed by atoms with Crippen molar-refractivity contribution in [2.75, 3.05) is 17.1 Å². The Morgan fingerprint density at radius 3 is 2.40 bits per heavy atom. The molecule has 0 atom stereocenters. The Labute approximate surface area is 118 Å². The number of anilines is 1. The Balaban J connectivity index is 2.56. The zero-order chi connectivity index (χ0) is 15.2. The highest BCUT2D eigenvalue weighted by atomic mass is 32.2. The predicted octanol–water partition coefficient (Wildman–Crippen LogP) is 1.48. The third-order valence-corrected chi connectivity index (χ3v) is 3.64. The highest BCUT2D eigenvalue weighted by Crippen LogP contribution is 2.12. The minimum atomic E-state index is -3.46. The summed E-state index contributed by atoms with van der Waals surface area (Å²) < 4.78 is 31.1. The highest BCUT2D eigenvalue weighted by Gasteiger charge is 2.11. The van der Waals surface area contributed by atoms with Crippen LogP contribution < -0.4 is 4.72 Å². The van der Waals surface area contributed by atoms with Crippen LogP contribution in [0.1, 0.15) is 19.4 Å². The normalized spacial score (nSPS) is 11.6. The number of ether oxygens (including phenoxy) is 1. The lowest BCUT2D eigenvalue weighted by Gasteiger charge is -2.10. The highest BCUT2D eigenvalue weighted by molar-refractivity contribution is 7.92. The largest absolute Gasteiger partial charge is 0.481 e. The molecule has 0 saturated carbocycles. The summed E-state index contributed by atoms with van der Waals surface area (Å²) >= 11 is 0. The quantitative estimate of drug-likeness (QED) is 0.758. The first-order valence-electron chi connectivity index (χ1n) is 6.21. The van der Waals surface area contributed by atoms with Gasteiger partial charge in [-0.2, -0.15) is 0 Å². The molecular formula is C13H19NO5S. The van der Waals surface area contributed by atoms with Crippen molar-refractivity contribution in [2.24, 2.45) is 0 Å². The molecule has 0 saturated heterocycles. The second-order valence-corrected chi connectivity index (χ2v) is 6.45. The number of hydrogen-bond donors (Lipinski definition) is 2. The van der Waals surface area contributed by atoms with Gasteiger partial charge in [-0.3, -0.25) is 9.52 Å². The van der Waals surface area contributed by atoms with Crippen LogP contribution in [0.2, 0.25) is 0 Å². The van der Waals surface area contributed by atoms with Crippen molar-refractivity contribution >= 4 is 21.7 Å². The Morgan fingerprint density at radius 1 is 1.30 bits per heavy atom. The lowest BCUT2D eigenvalue weighted by atomic mass is 10.1. The summed E-state index contributed by atoms with van der Waals surface area (Å²) in [6.45, 7) is 3.80. The molecule has 0 aromatic heterocycles. The van der Waals surface area contributed by atoms with E-state index in [9.17, 15) is 13.2 Å². The molecule has 6 nitrogen and oxygen atoms in total. The van der Waals surface area contributed by atoms with Gasteiger partial charge in [0.25, 0.3) is 0 Å². The molecule has 0 bridgehead atoms. The number of nitrogens with one attached hydrogen (secondary N) is 1. The summed E-state index contributed by atoms with van der Waals surface area (Å²) in [6, 6.07) is 6.24. The number of carboxylic acid groups (broad SMARTS) is 1. The van der Waals surface area contributed by atoms with Crippen LogP contribution in [0.5, 0.6) is 0 Å². The van der Waals surface area contributed by atoms with Crippen molar-refractivity contribution in [3.63, 3.8) is 0 Å².